The molecule has 0 saturated carbocycles. The van der Waals surface area contributed by atoms with Crippen LogP contribution in [0.3, 0.4) is 0 Å². The Morgan fingerprint density at radius 2 is 1.79 bits per heavy atom. The van der Waals surface area contributed by atoms with Crippen LogP contribution in [0.25, 0.3) is 0 Å². The number of aryl methyl sites for hydroxylation is 1. The van der Waals surface area contributed by atoms with Crippen molar-refractivity contribution in [3.05, 3.63) is 64.2 Å². The van der Waals surface area contributed by atoms with Crippen LogP contribution < -0.4 is 10.1 Å². The lowest BCUT2D eigenvalue weighted by atomic mass is 10.1. The van der Waals surface area contributed by atoms with Gasteiger partial charge < -0.3 is 10.1 Å². The van der Waals surface area contributed by atoms with E-state index in [1.807, 2.05) is 24.3 Å². The van der Waals surface area contributed by atoms with Crippen LogP contribution in [0.4, 0.5) is 11.4 Å². The Bertz CT molecular complexity index is 696. The van der Waals surface area contributed by atoms with Gasteiger partial charge in [0.05, 0.1) is 4.92 Å². The summed E-state index contributed by atoms with van der Waals surface area (Å²) in [5, 5.41) is 13.3. The number of rotatable bonds is 7. The van der Waals surface area contributed by atoms with Crippen LogP contribution in [0.2, 0.25) is 0 Å². The summed E-state index contributed by atoms with van der Waals surface area (Å²) in [4.78, 5) is 22.3. The van der Waals surface area contributed by atoms with E-state index in [0.29, 0.717) is 11.4 Å². The second-order valence-corrected chi connectivity index (χ2v) is 5.45. The first-order valence-electron chi connectivity index (χ1n) is 7.80. The fraction of sp³-hybridized carbons (Fsp3) is 0.278. The number of carbonyl (C=O) groups is 1. The molecule has 0 spiro atoms. The van der Waals surface area contributed by atoms with Gasteiger partial charge in [0, 0.05) is 17.8 Å². The summed E-state index contributed by atoms with van der Waals surface area (Å²) in [6, 6.07) is 13.3. The quantitative estimate of drug-likeness (QED) is 0.616. The van der Waals surface area contributed by atoms with E-state index >= 15 is 0 Å². The predicted molar refractivity (Wildman–Crippen MR) is 92.3 cm³/mol. The lowest BCUT2D eigenvalue weighted by Gasteiger charge is -2.15. The SMILES string of the molecule is CCCc1ccc(OC(C)C(=O)Nc2ccc([N+](=O)[O-])cc2)cc1. The van der Waals surface area contributed by atoms with Crippen LogP contribution in [0, 0.1) is 10.1 Å². The molecule has 24 heavy (non-hydrogen) atoms. The van der Waals surface area contributed by atoms with Crippen LogP contribution in [0.1, 0.15) is 25.8 Å². The summed E-state index contributed by atoms with van der Waals surface area (Å²) in [6.07, 6.45) is 1.40. The number of benzene rings is 2. The highest BCUT2D eigenvalue weighted by Crippen LogP contribution is 2.17. The first kappa shape index (κ1) is 17.5. The third-order valence-corrected chi connectivity index (χ3v) is 3.49. The third-order valence-electron chi connectivity index (χ3n) is 3.49. The standard InChI is InChI=1S/C18H20N2O4/c1-3-4-14-5-11-17(12-6-14)24-13(2)18(21)19-15-7-9-16(10-8-15)20(22)23/h5-13H,3-4H2,1-2H3,(H,19,21). The molecule has 0 aliphatic heterocycles. The van der Waals surface area contributed by atoms with Crippen LogP contribution in [-0.2, 0) is 11.2 Å². The number of amides is 1. The highest BCUT2D eigenvalue weighted by molar-refractivity contribution is 5.94. The molecule has 1 N–H and O–H groups in total. The number of nitro benzene ring substituents is 1. The Labute approximate surface area is 140 Å². The molecule has 0 fully saturated rings. The van der Waals surface area contributed by atoms with Crippen molar-refractivity contribution in [1.82, 2.24) is 0 Å². The molecule has 1 amide bonds. The zero-order chi connectivity index (χ0) is 17.5. The monoisotopic (exact) mass is 328 g/mol. The van der Waals surface area contributed by atoms with Gasteiger partial charge >= 0.3 is 0 Å². The second-order valence-electron chi connectivity index (χ2n) is 5.45. The van der Waals surface area contributed by atoms with Crippen molar-refractivity contribution in [2.75, 3.05) is 5.32 Å². The van der Waals surface area contributed by atoms with Crippen molar-refractivity contribution in [1.29, 1.82) is 0 Å². The molecule has 1 unspecified atom stereocenters. The lowest BCUT2D eigenvalue weighted by molar-refractivity contribution is -0.384. The molecule has 0 heterocycles. The van der Waals surface area contributed by atoms with E-state index in [0.717, 1.165) is 12.8 Å². The molecule has 0 aliphatic rings. The van der Waals surface area contributed by atoms with E-state index < -0.39 is 11.0 Å². The first-order chi connectivity index (χ1) is 11.5. The Morgan fingerprint density at radius 1 is 1.17 bits per heavy atom. The topological polar surface area (TPSA) is 81.5 Å². The summed E-state index contributed by atoms with van der Waals surface area (Å²) in [5.74, 6) is 0.308. The Kier molecular flexibility index (Phi) is 5.89. The normalized spacial score (nSPS) is 11.6. The minimum atomic E-state index is -0.683. The number of nitrogens with zero attached hydrogens (tertiary/aromatic N) is 1. The largest absolute Gasteiger partial charge is 0.481 e. The Hall–Kier alpha value is -2.89. The number of hydrogen-bond donors (Lipinski definition) is 1. The number of hydrogen-bond acceptors (Lipinski definition) is 4. The average molecular weight is 328 g/mol. The van der Waals surface area contributed by atoms with E-state index in [1.165, 1.54) is 29.8 Å². The molecular weight excluding hydrogens is 308 g/mol. The average Bonchev–Trinajstić information content (AvgIpc) is 2.57. The van der Waals surface area contributed by atoms with E-state index in [9.17, 15) is 14.9 Å². The number of nitro groups is 1. The molecule has 0 saturated heterocycles. The van der Waals surface area contributed by atoms with Crippen molar-refractivity contribution >= 4 is 17.3 Å². The van der Waals surface area contributed by atoms with Gasteiger partial charge in [0.2, 0.25) is 0 Å². The molecule has 0 aromatic heterocycles. The van der Waals surface area contributed by atoms with Crippen molar-refractivity contribution < 1.29 is 14.5 Å². The molecule has 126 valence electrons. The molecule has 0 radical (unpaired) electrons. The van der Waals surface area contributed by atoms with E-state index in [1.54, 1.807) is 6.92 Å². The van der Waals surface area contributed by atoms with Gasteiger partial charge in [-0.25, -0.2) is 0 Å². The van der Waals surface area contributed by atoms with Gasteiger partial charge in [-0.2, -0.15) is 0 Å². The number of carbonyl (C=O) groups excluding carboxylic acids is 1. The zero-order valence-corrected chi connectivity index (χ0v) is 13.7. The molecule has 1 atom stereocenters. The highest BCUT2D eigenvalue weighted by atomic mass is 16.6. The molecule has 2 aromatic rings. The van der Waals surface area contributed by atoms with E-state index in [-0.39, 0.29) is 11.6 Å². The molecule has 0 aliphatic carbocycles. The summed E-state index contributed by atoms with van der Waals surface area (Å²) in [6.45, 7) is 3.77. The van der Waals surface area contributed by atoms with E-state index in [2.05, 4.69) is 12.2 Å². The Morgan fingerprint density at radius 3 is 2.33 bits per heavy atom. The molecule has 2 rings (SSSR count). The van der Waals surface area contributed by atoms with Gasteiger partial charge in [-0.3, -0.25) is 14.9 Å². The van der Waals surface area contributed by atoms with Gasteiger partial charge in [0.15, 0.2) is 6.10 Å². The van der Waals surface area contributed by atoms with Crippen LogP contribution in [0.15, 0.2) is 48.5 Å². The Balaban J connectivity index is 1.92. The van der Waals surface area contributed by atoms with Gasteiger partial charge in [-0.1, -0.05) is 25.5 Å². The summed E-state index contributed by atoms with van der Waals surface area (Å²) in [7, 11) is 0. The van der Waals surface area contributed by atoms with Gasteiger partial charge in [0.1, 0.15) is 5.75 Å². The van der Waals surface area contributed by atoms with Gasteiger partial charge in [-0.15, -0.1) is 0 Å². The van der Waals surface area contributed by atoms with Crippen molar-refractivity contribution in [2.24, 2.45) is 0 Å². The molecule has 0 bridgehead atoms. The maximum atomic E-state index is 12.1. The van der Waals surface area contributed by atoms with Gasteiger partial charge in [-0.05, 0) is 43.2 Å². The van der Waals surface area contributed by atoms with Crippen LogP contribution >= 0.6 is 0 Å². The number of anilines is 1. The molecular formula is C18H20N2O4. The number of non-ortho nitro benzene ring substituents is 1. The molecule has 2 aromatic carbocycles. The number of ether oxygens (including phenoxy) is 1. The second kappa shape index (κ2) is 8.10. The lowest BCUT2D eigenvalue weighted by Crippen LogP contribution is -2.30. The first-order valence-corrected chi connectivity index (χ1v) is 7.80. The van der Waals surface area contributed by atoms with Gasteiger partial charge in [0.25, 0.3) is 11.6 Å². The minimum Gasteiger partial charge on any atom is -0.481 e. The summed E-state index contributed by atoms with van der Waals surface area (Å²) >= 11 is 0. The van der Waals surface area contributed by atoms with Crippen LogP contribution in [-0.4, -0.2) is 16.9 Å². The highest BCUT2D eigenvalue weighted by Gasteiger charge is 2.15. The number of nitrogens with one attached hydrogen (secondary N) is 1. The maximum Gasteiger partial charge on any atom is 0.269 e. The minimum absolute atomic E-state index is 0.0236. The zero-order valence-electron chi connectivity index (χ0n) is 13.7. The van der Waals surface area contributed by atoms with Crippen molar-refractivity contribution in [3.63, 3.8) is 0 Å². The fourth-order valence-corrected chi connectivity index (χ4v) is 2.19. The molecule has 6 nitrogen and oxygen atoms in total. The smallest absolute Gasteiger partial charge is 0.269 e. The van der Waals surface area contributed by atoms with E-state index in [4.69, 9.17) is 4.74 Å². The summed E-state index contributed by atoms with van der Waals surface area (Å²) in [5.41, 5.74) is 1.69. The predicted octanol–water partition coefficient (Wildman–Crippen LogP) is 3.95. The summed E-state index contributed by atoms with van der Waals surface area (Å²) < 4.78 is 5.62. The fourth-order valence-electron chi connectivity index (χ4n) is 2.19. The third kappa shape index (κ3) is 4.81. The van der Waals surface area contributed by atoms with Crippen molar-refractivity contribution in [3.8, 4) is 5.75 Å². The van der Waals surface area contributed by atoms with Crippen molar-refractivity contribution in [2.45, 2.75) is 32.8 Å². The maximum absolute atomic E-state index is 12.1. The van der Waals surface area contributed by atoms with Crippen LogP contribution in [0.5, 0.6) is 5.75 Å². The molecule has 6 heteroatoms.